The highest BCUT2D eigenvalue weighted by atomic mass is 79.9. The van der Waals surface area contributed by atoms with Crippen LogP contribution in [0.15, 0.2) is 53.0 Å². The summed E-state index contributed by atoms with van der Waals surface area (Å²) >= 11 is 3.28. The van der Waals surface area contributed by atoms with Gasteiger partial charge in [0.2, 0.25) is 0 Å². The number of halogens is 1. The number of benzene rings is 2. The molecule has 116 valence electrons. The molecule has 2 rings (SSSR count). The van der Waals surface area contributed by atoms with Crippen LogP contribution in [-0.4, -0.2) is 18.5 Å². The van der Waals surface area contributed by atoms with Crippen molar-refractivity contribution in [3.63, 3.8) is 0 Å². The minimum atomic E-state index is -0.658. The number of hydrogen-bond donors (Lipinski definition) is 2. The van der Waals surface area contributed by atoms with Gasteiger partial charge in [0.25, 0.3) is 5.91 Å². The zero-order valence-corrected chi connectivity index (χ0v) is 13.5. The fourth-order valence-corrected chi connectivity index (χ4v) is 1.95. The summed E-state index contributed by atoms with van der Waals surface area (Å²) in [5.74, 6) is -0.328. The van der Waals surface area contributed by atoms with Crippen molar-refractivity contribution in [1.82, 2.24) is 5.32 Å². The van der Waals surface area contributed by atoms with Gasteiger partial charge in [0.1, 0.15) is 11.8 Å². The van der Waals surface area contributed by atoms with Crippen LogP contribution in [0.3, 0.4) is 0 Å². The molecule has 2 N–H and O–H groups in total. The average molecular weight is 374 g/mol. The Morgan fingerprint density at radius 2 is 1.83 bits per heavy atom. The van der Waals surface area contributed by atoms with Crippen molar-refractivity contribution in [3.05, 3.63) is 58.6 Å². The number of carbonyl (C=O) groups is 2. The van der Waals surface area contributed by atoms with Crippen molar-refractivity contribution < 1.29 is 14.3 Å². The summed E-state index contributed by atoms with van der Waals surface area (Å²) in [5, 5.41) is 13.6. The van der Waals surface area contributed by atoms with Crippen LogP contribution in [0.4, 0.5) is 10.5 Å². The minimum Gasteiger partial charge on any atom is -0.482 e. The first-order valence-electron chi connectivity index (χ1n) is 6.57. The van der Waals surface area contributed by atoms with Crippen molar-refractivity contribution >= 4 is 33.6 Å². The van der Waals surface area contributed by atoms with Crippen LogP contribution < -0.4 is 15.4 Å². The molecule has 0 aliphatic rings. The van der Waals surface area contributed by atoms with E-state index in [1.165, 1.54) is 0 Å². The largest absolute Gasteiger partial charge is 0.482 e. The second-order valence-corrected chi connectivity index (χ2v) is 5.32. The molecule has 23 heavy (non-hydrogen) atoms. The second-order valence-electron chi connectivity index (χ2n) is 4.41. The lowest BCUT2D eigenvalue weighted by molar-refractivity contribution is -0.121. The van der Waals surface area contributed by atoms with E-state index in [0.29, 0.717) is 17.0 Å². The molecule has 0 bridgehead atoms. The highest BCUT2D eigenvalue weighted by Gasteiger charge is 2.10. The van der Waals surface area contributed by atoms with Crippen molar-refractivity contribution in [2.45, 2.75) is 0 Å². The van der Waals surface area contributed by atoms with Gasteiger partial charge in [0.15, 0.2) is 6.61 Å². The van der Waals surface area contributed by atoms with Gasteiger partial charge in [-0.2, -0.15) is 5.26 Å². The Hall–Kier alpha value is -2.85. The van der Waals surface area contributed by atoms with Gasteiger partial charge in [-0.15, -0.1) is 0 Å². The van der Waals surface area contributed by atoms with E-state index in [1.54, 1.807) is 48.5 Å². The molecule has 0 unspecified atom stereocenters. The van der Waals surface area contributed by atoms with Crippen molar-refractivity contribution in [2.24, 2.45) is 0 Å². The Balaban J connectivity index is 1.83. The molecule has 0 heterocycles. The van der Waals surface area contributed by atoms with E-state index in [0.717, 1.165) is 4.47 Å². The van der Waals surface area contributed by atoms with Gasteiger partial charge in [0.05, 0.1) is 5.56 Å². The van der Waals surface area contributed by atoms with Gasteiger partial charge < -0.3 is 10.1 Å². The van der Waals surface area contributed by atoms with Crippen LogP contribution >= 0.6 is 15.9 Å². The van der Waals surface area contributed by atoms with Crippen molar-refractivity contribution in [2.75, 3.05) is 11.9 Å². The maximum Gasteiger partial charge on any atom is 0.325 e. The van der Waals surface area contributed by atoms with E-state index in [1.807, 2.05) is 6.07 Å². The summed E-state index contributed by atoms with van der Waals surface area (Å²) in [6.07, 6.45) is 0. The molecule has 2 aromatic carbocycles. The van der Waals surface area contributed by atoms with Gasteiger partial charge in [-0.3, -0.25) is 10.1 Å². The summed E-state index contributed by atoms with van der Waals surface area (Å²) in [6.45, 7) is -0.369. The number of hydrogen-bond acceptors (Lipinski definition) is 4. The molecule has 0 saturated carbocycles. The van der Waals surface area contributed by atoms with Crippen LogP contribution in [0, 0.1) is 11.3 Å². The highest BCUT2D eigenvalue weighted by Crippen LogP contribution is 2.16. The second kappa shape index (κ2) is 7.96. The fraction of sp³-hybridized carbons (Fsp3) is 0.0625. The molecule has 0 atom stereocenters. The van der Waals surface area contributed by atoms with Gasteiger partial charge in [-0.05, 0) is 36.4 Å². The van der Waals surface area contributed by atoms with Crippen LogP contribution in [0.5, 0.6) is 5.75 Å². The molecule has 7 heteroatoms. The van der Waals surface area contributed by atoms with E-state index >= 15 is 0 Å². The topological polar surface area (TPSA) is 91.2 Å². The lowest BCUT2D eigenvalue weighted by Crippen LogP contribution is -2.37. The van der Waals surface area contributed by atoms with E-state index in [2.05, 4.69) is 26.6 Å². The summed E-state index contributed by atoms with van der Waals surface area (Å²) in [4.78, 5) is 23.4. The Morgan fingerprint density at radius 1 is 1.13 bits per heavy atom. The fourth-order valence-electron chi connectivity index (χ4n) is 1.69. The SMILES string of the molecule is N#Cc1ccccc1OCC(=O)NC(=O)Nc1ccc(Br)cc1. The van der Waals surface area contributed by atoms with Crippen molar-refractivity contribution in [3.8, 4) is 11.8 Å². The maximum absolute atomic E-state index is 11.7. The van der Waals surface area contributed by atoms with E-state index in [-0.39, 0.29) is 6.61 Å². The number of nitriles is 1. The molecular weight excluding hydrogens is 362 g/mol. The monoisotopic (exact) mass is 373 g/mol. The van der Waals surface area contributed by atoms with Crippen molar-refractivity contribution in [1.29, 1.82) is 5.26 Å². The third-order valence-electron chi connectivity index (χ3n) is 2.72. The van der Waals surface area contributed by atoms with E-state index in [4.69, 9.17) is 10.00 Å². The lowest BCUT2D eigenvalue weighted by atomic mass is 10.2. The van der Waals surface area contributed by atoms with Gasteiger partial charge in [-0.25, -0.2) is 4.79 Å². The summed E-state index contributed by atoms with van der Waals surface area (Å²) in [6, 6.07) is 14.7. The Labute approximate surface area is 141 Å². The number of carbonyl (C=O) groups excluding carboxylic acids is 2. The number of urea groups is 1. The maximum atomic E-state index is 11.7. The summed E-state index contributed by atoms with van der Waals surface area (Å²) in [7, 11) is 0. The number of para-hydroxylation sites is 1. The standard InChI is InChI=1S/C16H12BrN3O3/c17-12-5-7-13(8-6-12)19-16(22)20-15(21)10-23-14-4-2-1-3-11(14)9-18/h1-8H,10H2,(H2,19,20,21,22). The Bertz CT molecular complexity index is 754. The average Bonchev–Trinajstić information content (AvgIpc) is 2.55. The predicted octanol–water partition coefficient (Wildman–Crippen LogP) is 3.05. The molecular formula is C16H12BrN3O3. The molecule has 3 amide bonds. The van der Waals surface area contributed by atoms with Crippen LogP contribution in [0.1, 0.15) is 5.56 Å². The van der Waals surface area contributed by atoms with Gasteiger partial charge in [0, 0.05) is 10.2 Å². The smallest absolute Gasteiger partial charge is 0.325 e. The number of nitrogens with one attached hydrogen (secondary N) is 2. The highest BCUT2D eigenvalue weighted by molar-refractivity contribution is 9.10. The Kier molecular flexibility index (Phi) is 5.72. The molecule has 0 aliphatic heterocycles. The third kappa shape index (κ3) is 5.13. The van der Waals surface area contributed by atoms with E-state index < -0.39 is 11.9 Å². The van der Waals surface area contributed by atoms with Crippen LogP contribution in [0.2, 0.25) is 0 Å². The number of amides is 3. The Morgan fingerprint density at radius 3 is 2.52 bits per heavy atom. The quantitative estimate of drug-likeness (QED) is 0.861. The minimum absolute atomic E-state index is 0.290. The van der Waals surface area contributed by atoms with Crippen LogP contribution in [0.25, 0.3) is 0 Å². The number of nitrogens with zero attached hydrogens (tertiary/aromatic N) is 1. The normalized spacial score (nSPS) is 9.57. The molecule has 6 nitrogen and oxygen atoms in total. The zero-order chi connectivity index (χ0) is 16.7. The first-order valence-corrected chi connectivity index (χ1v) is 7.36. The summed E-state index contributed by atoms with van der Waals surface area (Å²) < 4.78 is 6.11. The van der Waals surface area contributed by atoms with Gasteiger partial charge >= 0.3 is 6.03 Å². The first kappa shape index (κ1) is 16.5. The summed E-state index contributed by atoms with van der Waals surface area (Å²) in [5.41, 5.74) is 0.869. The number of rotatable bonds is 4. The molecule has 0 aromatic heterocycles. The first-order chi connectivity index (χ1) is 11.1. The molecule has 2 aromatic rings. The third-order valence-corrected chi connectivity index (χ3v) is 3.25. The number of ether oxygens (including phenoxy) is 1. The molecule has 0 aliphatic carbocycles. The van der Waals surface area contributed by atoms with Crippen LogP contribution in [-0.2, 0) is 4.79 Å². The predicted molar refractivity (Wildman–Crippen MR) is 88.0 cm³/mol. The molecule has 0 spiro atoms. The molecule has 0 fully saturated rings. The zero-order valence-electron chi connectivity index (χ0n) is 11.9. The lowest BCUT2D eigenvalue weighted by Gasteiger charge is -2.09. The molecule has 0 saturated heterocycles. The number of imide groups is 1. The van der Waals surface area contributed by atoms with Gasteiger partial charge in [-0.1, -0.05) is 28.1 Å². The van der Waals surface area contributed by atoms with E-state index in [9.17, 15) is 9.59 Å². The molecule has 0 radical (unpaired) electrons. The number of anilines is 1.